The van der Waals surface area contributed by atoms with Gasteiger partial charge in [-0.15, -0.1) is 0 Å². The Balaban J connectivity index is 2.99. The monoisotopic (exact) mass is 329 g/mol. The number of unbranched alkanes of at least 4 members (excludes halogenated alkanes) is 2. The summed E-state index contributed by atoms with van der Waals surface area (Å²) in [6.07, 6.45) is 4.81. The van der Waals surface area contributed by atoms with E-state index in [1.807, 2.05) is 13.1 Å². The van der Waals surface area contributed by atoms with Crippen LogP contribution in [0.4, 0.5) is 0 Å². The van der Waals surface area contributed by atoms with Crippen molar-refractivity contribution < 1.29 is 9.47 Å². The Labute approximate surface area is 124 Å². The molecule has 1 rings (SSSR count). The molecule has 0 heterocycles. The van der Waals surface area contributed by atoms with Gasteiger partial charge in [0.1, 0.15) is 11.5 Å². The van der Waals surface area contributed by atoms with E-state index in [9.17, 15) is 0 Å². The van der Waals surface area contributed by atoms with Crippen LogP contribution in [0.1, 0.15) is 44.2 Å². The molecule has 3 nitrogen and oxygen atoms in total. The first-order valence-electron chi connectivity index (χ1n) is 6.76. The fraction of sp³-hybridized carbons (Fsp3) is 0.600. The number of hydrogen-bond donors (Lipinski definition) is 1. The first-order valence-corrected chi connectivity index (χ1v) is 7.55. The van der Waals surface area contributed by atoms with Crippen LogP contribution in [0.15, 0.2) is 16.6 Å². The van der Waals surface area contributed by atoms with Crippen LogP contribution in [0.5, 0.6) is 11.5 Å². The van der Waals surface area contributed by atoms with Gasteiger partial charge in [-0.2, -0.15) is 0 Å². The highest BCUT2D eigenvalue weighted by atomic mass is 79.9. The maximum atomic E-state index is 5.49. The minimum atomic E-state index is 0.295. The molecule has 0 aromatic heterocycles. The number of methoxy groups -OCH3 is 2. The second-order valence-corrected chi connectivity index (χ2v) is 5.42. The van der Waals surface area contributed by atoms with Crippen LogP contribution in [-0.2, 0) is 0 Å². The summed E-state index contributed by atoms with van der Waals surface area (Å²) in [7, 11) is 5.38. The third kappa shape index (κ3) is 4.39. The molecule has 1 N–H and O–H groups in total. The molecule has 108 valence electrons. The molecule has 1 aromatic carbocycles. The van der Waals surface area contributed by atoms with Crippen molar-refractivity contribution >= 4 is 15.9 Å². The average molecular weight is 330 g/mol. The summed E-state index contributed by atoms with van der Waals surface area (Å²) in [6, 6.07) is 4.32. The molecule has 1 atom stereocenters. The molecule has 0 saturated heterocycles. The van der Waals surface area contributed by atoms with E-state index in [4.69, 9.17) is 9.47 Å². The van der Waals surface area contributed by atoms with E-state index >= 15 is 0 Å². The van der Waals surface area contributed by atoms with Crippen LogP contribution in [0.25, 0.3) is 0 Å². The highest BCUT2D eigenvalue weighted by molar-refractivity contribution is 9.10. The van der Waals surface area contributed by atoms with Gasteiger partial charge in [-0.25, -0.2) is 0 Å². The lowest BCUT2D eigenvalue weighted by atomic mass is 9.99. The summed E-state index contributed by atoms with van der Waals surface area (Å²) in [5, 5.41) is 3.37. The van der Waals surface area contributed by atoms with Crippen molar-refractivity contribution in [2.45, 2.75) is 38.6 Å². The van der Waals surface area contributed by atoms with Crippen LogP contribution in [-0.4, -0.2) is 21.3 Å². The standard InChI is InChI=1S/C15H24BrNO2/c1-5-6-7-8-13(17-2)11-9-15(19-4)12(16)10-14(11)18-3/h9-10,13,17H,5-8H2,1-4H3. The molecule has 0 spiro atoms. The zero-order valence-electron chi connectivity index (χ0n) is 12.3. The van der Waals surface area contributed by atoms with Gasteiger partial charge in [0.15, 0.2) is 0 Å². The van der Waals surface area contributed by atoms with Crippen LogP contribution < -0.4 is 14.8 Å². The van der Waals surface area contributed by atoms with Gasteiger partial charge in [-0.1, -0.05) is 26.2 Å². The van der Waals surface area contributed by atoms with E-state index in [0.29, 0.717) is 6.04 Å². The molecular formula is C15H24BrNO2. The number of rotatable bonds is 8. The zero-order valence-corrected chi connectivity index (χ0v) is 13.8. The summed E-state index contributed by atoms with van der Waals surface area (Å²) < 4.78 is 11.8. The average Bonchev–Trinajstić information content (AvgIpc) is 2.43. The minimum absolute atomic E-state index is 0.295. The quantitative estimate of drug-likeness (QED) is 0.721. The van der Waals surface area contributed by atoms with Gasteiger partial charge in [0, 0.05) is 11.6 Å². The molecule has 0 aliphatic rings. The van der Waals surface area contributed by atoms with Crippen molar-refractivity contribution in [3.05, 3.63) is 22.2 Å². The molecule has 0 aliphatic heterocycles. The van der Waals surface area contributed by atoms with E-state index in [2.05, 4.69) is 34.2 Å². The fourth-order valence-corrected chi connectivity index (χ4v) is 2.69. The topological polar surface area (TPSA) is 30.5 Å². The lowest BCUT2D eigenvalue weighted by molar-refractivity contribution is 0.386. The van der Waals surface area contributed by atoms with Crippen LogP contribution in [0, 0.1) is 0 Å². The number of benzene rings is 1. The fourth-order valence-electron chi connectivity index (χ4n) is 2.21. The minimum Gasteiger partial charge on any atom is -0.496 e. The Morgan fingerprint density at radius 3 is 2.37 bits per heavy atom. The Morgan fingerprint density at radius 2 is 1.84 bits per heavy atom. The molecule has 0 amide bonds. The molecule has 0 radical (unpaired) electrons. The molecule has 1 unspecified atom stereocenters. The molecule has 0 bridgehead atoms. The summed E-state index contributed by atoms with van der Waals surface area (Å²) in [6.45, 7) is 2.22. The summed E-state index contributed by atoms with van der Waals surface area (Å²) >= 11 is 3.49. The summed E-state index contributed by atoms with van der Waals surface area (Å²) in [4.78, 5) is 0. The molecule has 1 aromatic rings. The highest BCUT2D eigenvalue weighted by Gasteiger charge is 2.17. The Kier molecular flexibility index (Phi) is 7.24. The maximum absolute atomic E-state index is 5.49. The highest BCUT2D eigenvalue weighted by Crippen LogP contribution is 2.37. The van der Waals surface area contributed by atoms with Crippen molar-refractivity contribution in [1.82, 2.24) is 5.32 Å². The van der Waals surface area contributed by atoms with Crippen LogP contribution in [0.3, 0.4) is 0 Å². The largest absolute Gasteiger partial charge is 0.496 e. The molecule has 4 heteroatoms. The lowest BCUT2D eigenvalue weighted by Gasteiger charge is -2.20. The van der Waals surface area contributed by atoms with Gasteiger partial charge in [0.05, 0.1) is 18.7 Å². The van der Waals surface area contributed by atoms with Gasteiger partial charge < -0.3 is 14.8 Å². The summed E-state index contributed by atoms with van der Waals surface area (Å²) in [5.41, 5.74) is 1.15. The SMILES string of the molecule is CCCCCC(NC)c1cc(OC)c(Br)cc1OC. The van der Waals surface area contributed by atoms with Crippen molar-refractivity contribution in [2.75, 3.05) is 21.3 Å². The predicted molar refractivity (Wildman–Crippen MR) is 83.2 cm³/mol. The van der Waals surface area contributed by atoms with Crippen molar-refractivity contribution in [3.63, 3.8) is 0 Å². The molecular weight excluding hydrogens is 306 g/mol. The van der Waals surface area contributed by atoms with Crippen LogP contribution in [0.2, 0.25) is 0 Å². The van der Waals surface area contributed by atoms with Gasteiger partial charge in [0.25, 0.3) is 0 Å². The van der Waals surface area contributed by atoms with E-state index in [1.54, 1.807) is 14.2 Å². The van der Waals surface area contributed by atoms with Gasteiger partial charge >= 0.3 is 0 Å². The second-order valence-electron chi connectivity index (χ2n) is 4.57. The number of halogens is 1. The smallest absolute Gasteiger partial charge is 0.133 e. The van der Waals surface area contributed by atoms with Crippen molar-refractivity contribution in [2.24, 2.45) is 0 Å². The number of hydrogen-bond acceptors (Lipinski definition) is 3. The van der Waals surface area contributed by atoms with E-state index in [1.165, 1.54) is 19.3 Å². The maximum Gasteiger partial charge on any atom is 0.133 e. The summed E-state index contributed by atoms with van der Waals surface area (Å²) in [5.74, 6) is 1.73. The van der Waals surface area contributed by atoms with E-state index < -0.39 is 0 Å². The first kappa shape index (κ1) is 16.3. The number of ether oxygens (including phenoxy) is 2. The first-order chi connectivity index (χ1) is 9.17. The third-order valence-corrected chi connectivity index (χ3v) is 3.94. The molecule has 19 heavy (non-hydrogen) atoms. The van der Waals surface area contributed by atoms with Crippen molar-refractivity contribution in [1.29, 1.82) is 0 Å². The molecule has 0 saturated carbocycles. The van der Waals surface area contributed by atoms with Gasteiger partial charge in [-0.05, 0) is 41.5 Å². The van der Waals surface area contributed by atoms with Crippen LogP contribution >= 0.6 is 15.9 Å². The zero-order chi connectivity index (χ0) is 14.3. The van der Waals surface area contributed by atoms with E-state index in [0.717, 1.165) is 28.0 Å². The lowest BCUT2D eigenvalue weighted by Crippen LogP contribution is -2.17. The normalized spacial score (nSPS) is 12.3. The predicted octanol–water partition coefficient (Wildman–Crippen LogP) is 4.31. The second kappa shape index (κ2) is 8.43. The molecule has 0 fully saturated rings. The van der Waals surface area contributed by atoms with Gasteiger partial charge in [-0.3, -0.25) is 0 Å². The molecule has 0 aliphatic carbocycles. The third-order valence-electron chi connectivity index (χ3n) is 3.32. The number of nitrogens with one attached hydrogen (secondary N) is 1. The Morgan fingerprint density at radius 1 is 1.16 bits per heavy atom. The Hall–Kier alpha value is -0.740. The van der Waals surface area contributed by atoms with E-state index in [-0.39, 0.29) is 0 Å². The van der Waals surface area contributed by atoms with Gasteiger partial charge in [0.2, 0.25) is 0 Å². The Bertz CT molecular complexity index is 396. The van der Waals surface area contributed by atoms with Crippen molar-refractivity contribution in [3.8, 4) is 11.5 Å².